The zero-order valence-corrected chi connectivity index (χ0v) is 9.76. The maximum Gasteiger partial charge on any atom is 0.331 e. The fourth-order valence-electron chi connectivity index (χ4n) is 1.16. The number of carbonyl (C=O) groups excluding carboxylic acids is 1. The van der Waals surface area contributed by atoms with E-state index in [1.165, 1.54) is 37.2 Å². The molecule has 0 saturated heterocycles. The van der Waals surface area contributed by atoms with Crippen LogP contribution in [0.3, 0.4) is 0 Å². The lowest BCUT2D eigenvalue weighted by Crippen LogP contribution is -2.01. The molecule has 0 aliphatic rings. The highest BCUT2D eigenvalue weighted by molar-refractivity contribution is 7.83. The van der Waals surface area contributed by atoms with Crippen LogP contribution in [0.15, 0.2) is 11.5 Å². The van der Waals surface area contributed by atoms with Crippen LogP contribution in [0, 0.1) is 0 Å². The standard InChI is InChI=1S/C11H20O2S/c1-2-3-4-5-6-7-9-13-11(12)8-10-14/h8,10,14H,2-7,9H2,1H3. The molecule has 0 N–H and O–H groups in total. The number of esters is 1. The zero-order valence-electron chi connectivity index (χ0n) is 8.87. The van der Waals surface area contributed by atoms with Crippen molar-refractivity contribution in [1.29, 1.82) is 0 Å². The summed E-state index contributed by atoms with van der Waals surface area (Å²) >= 11 is 3.78. The van der Waals surface area contributed by atoms with Crippen molar-refractivity contribution in [3.63, 3.8) is 0 Å². The normalized spacial score (nSPS) is 10.7. The van der Waals surface area contributed by atoms with Crippen molar-refractivity contribution in [1.82, 2.24) is 0 Å². The van der Waals surface area contributed by atoms with Crippen LogP contribution in [-0.4, -0.2) is 12.6 Å². The van der Waals surface area contributed by atoms with E-state index < -0.39 is 0 Å². The van der Waals surface area contributed by atoms with Crippen LogP contribution in [0.25, 0.3) is 0 Å². The van der Waals surface area contributed by atoms with Crippen LogP contribution in [0.5, 0.6) is 0 Å². The number of rotatable bonds is 8. The topological polar surface area (TPSA) is 26.3 Å². The zero-order chi connectivity index (χ0) is 10.6. The number of carbonyl (C=O) groups is 1. The Morgan fingerprint density at radius 3 is 2.50 bits per heavy atom. The van der Waals surface area contributed by atoms with E-state index in [0.717, 1.165) is 12.8 Å². The van der Waals surface area contributed by atoms with E-state index in [1.54, 1.807) is 0 Å². The Hall–Kier alpha value is -0.440. The highest BCUT2D eigenvalue weighted by Crippen LogP contribution is 2.04. The van der Waals surface area contributed by atoms with Gasteiger partial charge in [-0.15, -0.1) is 0 Å². The number of ether oxygens (including phenoxy) is 1. The molecule has 0 fully saturated rings. The molecule has 0 radical (unpaired) electrons. The molecule has 0 saturated carbocycles. The lowest BCUT2D eigenvalue weighted by atomic mass is 10.1. The van der Waals surface area contributed by atoms with E-state index >= 15 is 0 Å². The highest BCUT2D eigenvalue weighted by Gasteiger charge is 1.95. The van der Waals surface area contributed by atoms with E-state index in [0.29, 0.717) is 6.61 Å². The molecule has 14 heavy (non-hydrogen) atoms. The van der Waals surface area contributed by atoms with Gasteiger partial charge in [-0.1, -0.05) is 39.0 Å². The largest absolute Gasteiger partial charge is 0.463 e. The van der Waals surface area contributed by atoms with E-state index in [-0.39, 0.29) is 5.97 Å². The minimum atomic E-state index is -0.298. The fraction of sp³-hybridized carbons (Fsp3) is 0.727. The molecule has 0 atom stereocenters. The van der Waals surface area contributed by atoms with Gasteiger partial charge < -0.3 is 4.74 Å². The molecule has 0 aliphatic carbocycles. The van der Waals surface area contributed by atoms with E-state index in [4.69, 9.17) is 4.74 Å². The van der Waals surface area contributed by atoms with Crippen molar-refractivity contribution < 1.29 is 9.53 Å². The molecule has 0 spiro atoms. The summed E-state index contributed by atoms with van der Waals surface area (Å²) in [5.41, 5.74) is 0. The molecular weight excluding hydrogens is 196 g/mol. The SMILES string of the molecule is CCCCCCCCOC(=O)C=CS. The number of hydrogen-bond donors (Lipinski definition) is 1. The molecule has 0 heterocycles. The minimum absolute atomic E-state index is 0.298. The molecule has 3 heteroatoms. The Morgan fingerprint density at radius 2 is 1.86 bits per heavy atom. The third-order valence-corrected chi connectivity index (χ3v) is 2.10. The van der Waals surface area contributed by atoms with Crippen LogP contribution < -0.4 is 0 Å². The van der Waals surface area contributed by atoms with Gasteiger partial charge in [0.15, 0.2) is 0 Å². The first-order valence-corrected chi connectivity index (χ1v) is 5.80. The summed E-state index contributed by atoms with van der Waals surface area (Å²) in [6, 6.07) is 0. The first kappa shape index (κ1) is 13.6. The van der Waals surface area contributed by atoms with Crippen molar-refractivity contribution in [3.05, 3.63) is 11.5 Å². The summed E-state index contributed by atoms with van der Waals surface area (Å²) in [5.74, 6) is -0.298. The second kappa shape index (κ2) is 10.6. The van der Waals surface area contributed by atoms with E-state index in [1.807, 2.05) is 0 Å². The summed E-state index contributed by atoms with van der Waals surface area (Å²) in [7, 11) is 0. The van der Waals surface area contributed by atoms with Gasteiger partial charge in [-0.3, -0.25) is 0 Å². The van der Waals surface area contributed by atoms with Crippen molar-refractivity contribution in [2.45, 2.75) is 45.4 Å². The number of thiol groups is 1. The molecule has 0 aliphatic heterocycles. The Morgan fingerprint density at radius 1 is 1.21 bits per heavy atom. The Kier molecular flexibility index (Phi) is 10.3. The van der Waals surface area contributed by atoms with Gasteiger partial charge in [0, 0.05) is 6.08 Å². The average molecular weight is 216 g/mol. The van der Waals surface area contributed by atoms with Gasteiger partial charge in [-0.25, -0.2) is 4.79 Å². The number of hydrogen-bond acceptors (Lipinski definition) is 3. The first-order valence-electron chi connectivity index (χ1n) is 5.28. The van der Waals surface area contributed by atoms with Gasteiger partial charge in [0.1, 0.15) is 0 Å². The Bertz CT molecular complexity index is 167. The van der Waals surface area contributed by atoms with E-state index in [9.17, 15) is 4.79 Å². The molecule has 2 nitrogen and oxygen atoms in total. The predicted octanol–water partition coefficient (Wildman–Crippen LogP) is 3.33. The predicted molar refractivity (Wildman–Crippen MR) is 62.5 cm³/mol. The molecule has 0 unspecified atom stereocenters. The van der Waals surface area contributed by atoms with Gasteiger partial charge in [0.25, 0.3) is 0 Å². The smallest absolute Gasteiger partial charge is 0.331 e. The molecule has 0 aromatic rings. The van der Waals surface area contributed by atoms with Crippen LogP contribution in [-0.2, 0) is 9.53 Å². The van der Waals surface area contributed by atoms with Crippen molar-refractivity contribution in [2.75, 3.05) is 6.61 Å². The molecule has 82 valence electrons. The van der Waals surface area contributed by atoms with Gasteiger partial charge in [-0.2, -0.15) is 12.6 Å². The van der Waals surface area contributed by atoms with Crippen molar-refractivity contribution >= 4 is 18.6 Å². The van der Waals surface area contributed by atoms with Crippen molar-refractivity contribution in [3.8, 4) is 0 Å². The average Bonchev–Trinajstić information content (AvgIpc) is 2.17. The quantitative estimate of drug-likeness (QED) is 0.291. The molecular formula is C11H20O2S. The van der Waals surface area contributed by atoms with Crippen LogP contribution in [0.1, 0.15) is 45.4 Å². The maximum atomic E-state index is 10.8. The third kappa shape index (κ3) is 9.65. The van der Waals surface area contributed by atoms with Gasteiger partial charge >= 0.3 is 5.97 Å². The lowest BCUT2D eigenvalue weighted by Gasteiger charge is -2.01. The summed E-state index contributed by atoms with van der Waals surface area (Å²) in [6.07, 6.45) is 8.55. The van der Waals surface area contributed by atoms with E-state index in [2.05, 4.69) is 19.6 Å². The summed E-state index contributed by atoms with van der Waals surface area (Å²) in [5, 5.41) is 1.39. The second-order valence-electron chi connectivity index (χ2n) is 3.25. The molecule has 0 aromatic heterocycles. The number of unbranched alkanes of at least 4 members (excludes halogenated alkanes) is 5. The minimum Gasteiger partial charge on any atom is -0.463 e. The maximum absolute atomic E-state index is 10.8. The van der Waals surface area contributed by atoms with Gasteiger partial charge in [-0.05, 0) is 11.8 Å². The third-order valence-electron chi connectivity index (χ3n) is 1.95. The molecule has 0 bridgehead atoms. The molecule has 0 rings (SSSR count). The second-order valence-corrected chi connectivity index (χ2v) is 3.55. The van der Waals surface area contributed by atoms with Crippen LogP contribution in [0.2, 0.25) is 0 Å². The lowest BCUT2D eigenvalue weighted by molar-refractivity contribution is -0.137. The highest BCUT2D eigenvalue weighted by atomic mass is 32.1. The Balaban J connectivity index is 3.09. The molecule has 0 aromatic carbocycles. The summed E-state index contributed by atoms with van der Waals surface area (Å²) < 4.78 is 4.91. The van der Waals surface area contributed by atoms with Gasteiger partial charge in [0.05, 0.1) is 6.61 Å². The van der Waals surface area contributed by atoms with Gasteiger partial charge in [0.2, 0.25) is 0 Å². The fourth-order valence-corrected chi connectivity index (χ4v) is 1.29. The Labute approximate surface area is 92.1 Å². The monoisotopic (exact) mass is 216 g/mol. The summed E-state index contributed by atoms with van der Waals surface area (Å²) in [6.45, 7) is 2.73. The van der Waals surface area contributed by atoms with Crippen LogP contribution in [0.4, 0.5) is 0 Å². The molecule has 0 amide bonds. The first-order chi connectivity index (χ1) is 6.81. The summed E-state index contributed by atoms with van der Waals surface area (Å²) in [4.78, 5) is 10.8. The van der Waals surface area contributed by atoms with Crippen LogP contribution >= 0.6 is 12.6 Å². The van der Waals surface area contributed by atoms with Crippen molar-refractivity contribution in [2.24, 2.45) is 0 Å².